The molecular formula is C23H32N6O. The highest BCUT2D eigenvalue weighted by Crippen LogP contribution is 2.26. The molecule has 0 unspecified atom stereocenters. The molecule has 1 fully saturated rings. The first kappa shape index (κ1) is 20.6. The van der Waals surface area contributed by atoms with Gasteiger partial charge in [-0.1, -0.05) is 12.1 Å². The fourth-order valence-corrected chi connectivity index (χ4v) is 3.82. The van der Waals surface area contributed by atoms with Gasteiger partial charge in [0, 0.05) is 18.3 Å². The highest BCUT2D eigenvalue weighted by molar-refractivity contribution is 5.78. The summed E-state index contributed by atoms with van der Waals surface area (Å²) in [7, 11) is 4.10. The van der Waals surface area contributed by atoms with Crippen LogP contribution in [0.1, 0.15) is 24.2 Å². The summed E-state index contributed by atoms with van der Waals surface area (Å²) in [6.07, 6.45) is 2.20. The van der Waals surface area contributed by atoms with Gasteiger partial charge in [-0.2, -0.15) is 0 Å². The van der Waals surface area contributed by atoms with E-state index in [0.29, 0.717) is 19.2 Å². The van der Waals surface area contributed by atoms with Crippen LogP contribution in [0.2, 0.25) is 0 Å². The van der Waals surface area contributed by atoms with Crippen molar-refractivity contribution in [3.63, 3.8) is 0 Å². The Kier molecular flexibility index (Phi) is 6.50. The number of anilines is 1. The number of ether oxygens (including phenoxy) is 1. The minimum absolute atomic E-state index is 0.433. The number of pyridine rings is 1. The molecule has 0 saturated carbocycles. The summed E-state index contributed by atoms with van der Waals surface area (Å²) in [6, 6.07) is 12.8. The zero-order chi connectivity index (χ0) is 20.9. The van der Waals surface area contributed by atoms with Gasteiger partial charge in [-0.05, 0) is 71.2 Å². The van der Waals surface area contributed by atoms with Crippen molar-refractivity contribution >= 4 is 17.0 Å². The number of fused-ring (bicyclic) bond motifs is 1. The first-order valence-electron chi connectivity index (χ1n) is 10.8. The fourth-order valence-electron chi connectivity index (χ4n) is 3.82. The maximum atomic E-state index is 6.09. The van der Waals surface area contributed by atoms with Crippen LogP contribution in [0.5, 0.6) is 5.75 Å². The molecule has 0 radical (unpaired) electrons. The van der Waals surface area contributed by atoms with Crippen LogP contribution in [0.25, 0.3) is 11.0 Å². The second kappa shape index (κ2) is 9.45. The lowest BCUT2D eigenvalue weighted by Crippen LogP contribution is -2.36. The van der Waals surface area contributed by atoms with E-state index in [-0.39, 0.29) is 0 Å². The Morgan fingerprint density at radius 2 is 1.93 bits per heavy atom. The van der Waals surface area contributed by atoms with Crippen molar-refractivity contribution in [2.45, 2.75) is 32.4 Å². The maximum absolute atomic E-state index is 6.09. The quantitative estimate of drug-likeness (QED) is 0.597. The van der Waals surface area contributed by atoms with Crippen molar-refractivity contribution in [3.05, 3.63) is 47.8 Å². The van der Waals surface area contributed by atoms with E-state index in [9.17, 15) is 0 Å². The minimum Gasteiger partial charge on any atom is -0.490 e. The topological polar surface area (TPSA) is 67.2 Å². The number of rotatable bonds is 8. The molecule has 3 heterocycles. The molecule has 1 aromatic carbocycles. The average molecular weight is 409 g/mol. The molecule has 0 bridgehead atoms. The van der Waals surface area contributed by atoms with Gasteiger partial charge in [0.05, 0.1) is 17.6 Å². The summed E-state index contributed by atoms with van der Waals surface area (Å²) < 4.78 is 8.32. The van der Waals surface area contributed by atoms with Gasteiger partial charge in [0.15, 0.2) is 0 Å². The molecule has 0 spiro atoms. The van der Waals surface area contributed by atoms with Crippen LogP contribution >= 0.6 is 0 Å². The SMILES string of the molecule is Cc1ccc(OCCN(C)C)c(Cn2c(NC3CCNCC3)nc3ccccc32)n1. The monoisotopic (exact) mass is 408 g/mol. The van der Waals surface area contributed by atoms with Crippen molar-refractivity contribution in [2.75, 3.05) is 45.7 Å². The first-order valence-corrected chi connectivity index (χ1v) is 10.8. The zero-order valence-electron chi connectivity index (χ0n) is 18.2. The molecule has 2 aromatic heterocycles. The third-order valence-corrected chi connectivity index (χ3v) is 5.50. The Morgan fingerprint density at radius 3 is 2.73 bits per heavy atom. The molecule has 7 nitrogen and oxygen atoms in total. The second-order valence-corrected chi connectivity index (χ2v) is 8.23. The molecule has 0 aliphatic carbocycles. The number of aryl methyl sites for hydroxylation is 1. The molecule has 7 heteroatoms. The Balaban J connectivity index is 1.64. The van der Waals surface area contributed by atoms with Crippen molar-refractivity contribution in [2.24, 2.45) is 0 Å². The van der Waals surface area contributed by atoms with Gasteiger partial charge in [0.25, 0.3) is 0 Å². The number of likely N-dealkylation sites (N-methyl/N-ethyl adjacent to an activating group) is 1. The van der Waals surface area contributed by atoms with Gasteiger partial charge in [0.2, 0.25) is 5.95 Å². The summed E-state index contributed by atoms with van der Waals surface area (Å²) in [5, 5.41) is 7.11. The van der Waals surface area contributed by atoms with Crippen LogP contribution < -0.4 is 15.4 Å². The smallest absolute Gasteiger partial charge is 0.204 e. The number of para-hydroxylation sites is 2. The number of imidazole rings is 1. The molecule has 1 aliphatic heterocycles. The molecular weight excluding hydrogens is 376 g/mol. The molecule has 30 heavy (non-hydrogen) atoms. The fraction of sp³-hybridized carbons (Fsp3) is 0.478. The van der Waals surface area contributed by atoms with Crippen molar-refractivity contribution in [1.29, 1.82) is 0 Å². The van der Waals surface area contributed by atoms with E-state index in [1.807, 2.05) is 39.2 Å². The summed E-state index contributed by atoms with van der Waals surface area (Å²) in [5.41, 5.74) is 4.03. The third kappa shape index (κ3) is 4.91. The third-order valence-electron chi connectivity index (χ3n) is 5.50. The van der Waals surface area contributed by atoms with E-state index in [1.54, 1.807) is 0 Å². The number of hydrogen-bond donors (Lipinski definition) is 2. The van der Waals surface area contributed by atoms with Gasteiger partial charge < -0.3 is 24.8 Å². The van der Waals surface area contributed by atoms with Gasteiger partial charge in [0.1, 0.15) is 18.1 Å². The highest BCUT2D eigenvalue weighted by atomic mass is 16.5. The predicted molar refractivity (Wildman–Crippen MR) is 121 cm³/mol. The number of hydrogen-bond acceptors (Lipinski definition) is 6. The van der Waals surface area contributed by atoms with Crippen LogP contribution in [0.3, 0.4) is 0 Å². The molecule has 3 aromatic rings. The van der Waals surface area contributed by atoms with Crippen LogP contribution in [0.15, 0.2) is 36.4 Å². The Labute approximate surface area is 178 Å². The lowest BCUT2D eigenvalue weighted by Gasteiger charge is -2.24. The van der Waals surface area contributed by atoms with Gasteiger partial charge in [-0.25, -0.2) is 4.98 Å². The minimum atomic E-state index is 0.433. The van der Waals surface area contributed by atoms with E-state index in [2.05, 4.69) is 38.3 Å². The maximum Gasteiger partial charge on any atom is 0.204 e. The molecule has 0 atom stereocenters. The number of nitrogens with one attached hydrogen (secondary N) is 2. The van der Waals surface area contributed by atoms with Crippen LogP contribution in [0, 0.1) is 6.92 Å². The molecule has 2 N–H and O–H groups in total. The van der Waals surface area contributed by atoms with Gasteiger partial charge in [-0.15, -0.1) is 0 Å². The number of nitrogens with zero attached hydrogens (tertiary/aromatic N) is 4. The molecule has 4 rings (SSSR count). The number of piperidine rings is 1. The van der Waals surface area contributed by atoms with E-state index >= 15 is 0 Å². The van der Waals surface area contributed by atoms with E-state index in [0.717, 1.165) is 66.6 Å². The number of benzene rings is 1. The predicted octanol–water partition coefficient (Wildman–Crippen LogP) is 2.89. The number of aromatic nitrogens is 3. The molecule has 1 aliphatic rings. The van der Waals surface area contributed by atoms with E-state index in [1.165, 1.54) is 0 Å². The van der Waals surface area contributed by atoms with Crippen LogP contribution in [-0.2, 0) is 6.54 Å². The van der Waals surface area contributed by atoms with Gasteiger partial charge >= 0.3 is 0 Å². The second-order valence-electron chi connectivity index (χ2n) is 8.23. The highest BCUT2D eigenvalue weighted by Gasteiger charge is 2.19. The lowest BCUT2D eigenvalue weighted by molar-refractivity contribution is 0.258. The van der Waals surface area contributed by atoms with Crippen molar-refractivity contribution < 1.29 is 4.74 Å². The summed E-state index contributed by atoms with van der Waals surface area (Å²) in [4.78, 5) is 11.8. The lowest BCUT2D eigenvalue weighted by atomic mass is 10.1. The molecule has 1 saturated heterocycles. The normalized spacial score (nSPS) is 15.1. The summed E-state index contributed by atoms with van der Waals surface area (Å²) in [6.45, 7) is 6.22. The van der Waals surface area contributed by atoms with Crippen molar-refractivity contribution in [1.82, 2.24) is 24.8 Å². The summed E-state index contributed by atoms with van der Waals surface area (Å²) in [5.74, 6) is 1.75. The zero-order valence-corrected chi connectivity index (χ0v) is 18.2. The van der Waals surface area contributed by atoms with E-state index < -0.39 is 0 Å². The average Bonchev–Trinajstić information content (AvgIpc) is 3.07. The van der Waals surface area contributed by atoms with Crippen LogP contribution in [-0.4, -0.2) is 65.8 Å². The first-order chi connectivity index (χ1) is 14.6. The Morgan fingerprint density at radius 1 is 1.13 bits per heavy atom. The Hall–Kier alpha value is -2.64. The standard InChI is InChI=1S/C23H32N6O/c1-17-8-9-22(30-15-14-28(2)3)20(25-17)16-29-21-7-5-4-6-19(21)27-23(29)26-18-10-12-24-13-11-18/h4-9,18,24H,10-16H2,1-3H3,(H,26,27). The summed E-state index contributed by atoms with van der Waals surface area (Å²) >= 11 is 0. The van der Waals surface area contributed by atoms with Gasteiger partial charge in [-0.3, -0.25) is 4.98 Å². The van der Waals surface area contributed by atoms with E-state index in [4.69, 9.17) is 14.7 Å². The largest absolute Gasteiger partial charge is 0.490 e. The van der Waals surface area contributed by atoms with Crippen LogP contribution in [0.4, 0.5) is 5.95 Å². The molecule has 160 valence electrons. The molecule has 0 amide bonds. The van der Waals surface area contributed by atoms with Crippen molar-refractivity contribution in [3.8, 4) is 5.75 Å². The Bertz CT molecular complexity index is 977.